The number of nitrogens with zero attached hydrogens (tertiary/aromatic N) is 1. The molecule has 0 radical (unpaired) electrons. The smallest absolute Gasteiger partial charge is 0.407 e. The Morgan fingerprint density at radius 1 is 1.08 bits per heavy atom. The maximum Gasteiger partial charge on any atom is 0.407 e. The van der Waals surface area contributed by atoms with Crippen LogP contribution in [-0.2, 0) is 0 Å². The molecule has 0 aromatic rings. The molecule has 1 saturated carbocycles. The van der Waals surface area contributed by atoms with Crippen LogP contribution in [0, 0.1) is 0 Å². The largest absolute Gasteiger partial charge is 0.465 e. The van der Waals surface area contributed by atoms with Crippen molar-refractivity contribution in [2.75, 3.05) is 13.1 Å². The molecule has 1 aliphatic carbocycles. The first kappa shape index (κ1) is 7.65. The van der Waals surface area contributed by atoms with Crippen molar-refractivity contribution in [2.45, 2.75) is 25.7 Å². The van der Waals surface area contributed by atoms with E-state index in [-0.39, 0.29) is 0 Å². The zero-order valence-electron chi connectivity index (χ0n) is 7.05. The summed E-state index contributed by atoms with van der Waals surface area (Å²) in [5, 5.41) is 8.69. The van der Waals surface area contributed by atoms with Gasteiger partial charge in [0.25, 0.3) is 0 Å². The zero-order chi connectivity index (χ0) is 8.55. The molecule has 3 nitrogen and oxygen atoms in total. The molecule has 12 heavy (non-hydrogen) atoms. The number of hydrogen-bond donors (Lipinski definition) is 1. The van der Waals surface area contributed by atoms with Crippen molar-refractivity contribution >= 4 is 6.09 Å². The Kier molecular flexibility index (Phi) is 1.79. The first-order chi connectivity index (χ1) is 5.77. The SMILES string of the molecule is O=C(O)N1CCC(=C2CC2)CC1. The molecule has 3 heteroatoms. The summed E-state index contributed by atoms with van der Waals surface area (Å²) in [6.07, 6.45) is 3.71. The van der Waals surface area contributed by atoms with Gasteiger partial charge in [0.2, 0.25) is 0 Å². The van der Waals surface area contributed by atoms with Gasteiger partial charge >= 0.3 is 6.09 Å². The zero-order valence-corrected chi connectivity index (χ0v) is 7.05. The quantitative estimate of drug-likeness (QED) is 0.559. The van der Waals surface area contributed by atoms with Crippen LogP contribution in [0.1, 0.15) is 25.7 Å². The van der Waals surface area contributed by atoms with Crippen LogP contribution < -0.4 is 0 Å². The molecule has 0 unspecified atom stereocenters. The van der Waals surface area contributed by atoms with Gasteiger partial charge in [-0.15, -0.1) is 0 Å². The highest BCUT2D eigenvalue weighted by Crippen LogP contribution is 2.35. The molecule has 66 valence electrons. The molecule has 1 aliphatic heterocycles. The van der Waals surface area contributed by atoms with Crippen LogP contribution in [-0.4, -0.2) is 29.2 Å². The van der Waals surface area contributed by atoms with Gasteiger partial charge in [0.1, 0.15) is 0 Å². The van der Waals surface area contributed by atoms with E-state index >= 15 is 0 Å². The lowest BCUT2D eigenvalue weighted by Crippen LogP contribution is -2.35. The number of carbonyl (C=O) groups is 1. The Bertz CT molecular complexity index is 229. The summed E-state index contributed by atoms with van der Waals surface area (Å²) < 4.78 is 0. The fraction of sp³-hybridized carbons (Fsp3) is 0.667. The van der Waals surface area contributed by atoms with E-state index in [0.29, 0.717) is 13.1 Å². The van der Waals surface area contributed by atoms with E-state index in [2.05, 4.69) is 0 Å². The monoisotopic (exact) mass is 167 g/mol. The second-order valence-corrected chi connectivity index (χ2v) is 3.48. The van der Waals surface area contributed by atoms with Gasteiger partial charge in [-0.25, -0.2) is 4.79 Å². The van der Waals surface area contributed by atoms with Gasteiger partial charge in [-0.05, 0) is 25.7 Å². The second-order valence-electron chi connectivity index (χ2n) is 3.48. The molecular formula is C9H13NO2. The van der Waals surface area contributed by atoms with E-state index in [0.717, 1.165) is 12.8 Å². The number of likely N-dealkylation sites (tertiary alicyclic amines) is 1. The van der Waals surface area contributed by atoms with Crippen molar-refractivity contribution in [2.24, 2.45) is 0 Å². The summed E-state index contributed by atoms with van der Waals surface area (Å²) in [5.74, 6) is 0. The molecule has 0 spiro atoms. The number of carboxylic acid groups (broad SMARTS) is 1. The Balaban J connectivity index is 1.93. The van der Waals surface area contributed by atoms with Gasteiger partial charge in [-0.2, -0.15) is 0 Å². The molecule has 0 aromatic heterocycles. The lowest BCUT2D eigenvalue weighted by molar-refractivity contribution is 0.141. The number of piperidine rings is 1. The lowest BCUT2D eigenvalue weighted by atomic mass is 10.0. The summed E-state index contributed by atoms with van der Waals surface area (Å²) in [4.78, 5) is 12.1. The molecule has 1 N–H and O–H groups in total. The first-order valence-electron chi connectivity index (χ1n) is 4.45. The predicted molar refractivity (Wildman–Crippen MR) is 45.1 cm³/mol. The van der Waals surface area contributed by atoms with Crippen LogP contribution in [0.2, 0.25) is 0 Å². The van der Waals surface area contributed by atoms with E-state index in [9.17, 15) is 4.79 Å². The van der Waals surface area contributed by atoms with Crippen LogP contribution in [0.25, 0.3) is 0 Å². The number of hydrogen-bond acceptors (Lipinski definition) is 1. The van der Waals surface area contributed by atoms with Crippen LogP contribution >= 0.6 is 0 Å². The average Bonchev–Trinajstić information content (AvgIpc) is 2.87. The molecule has 1 heterocycles. The van der Waals surface area contributed by atoms with Gasteiger partial charge < -0.3 is 10.0 Å². The molecule has 0 bridgehead atoms. The number of amides is 1. The van der Waals surface area contributed by atoms with Gasteiger partial charge in [-0.3, -0.25) is 0 Å². The Hall–Kier alpha value is -0.990. The molecule has 2 rings (SSSR count). The summed E-state index contributed by atoms with van der Waals surface area (Å²) >= 11 is 0. The normalized spacial score (nSPS) is 22.8. The highest BCUT2D eigenvalue weighted by atomic mass is 16.4. The van der Waals surface area contributed by atoms with E-state index in [1.807, 2.05) is 0 Å². The molecule has 2 fully saturated rings. The first-order valence-corrected chi connectivity index (χ1v) is 4.45. The average molecular weight is 167 g/mol. The maximum atomic E-state index is 10.6. The molecular weight excluding hydrogens is 154 g/mol. The summed E-state index contributed by atoms with van der Waals surface area (Å²) in [6, 6.07) is 0. The van der Waals surface area contributed by atoms with Crippen LogP contribution in [0.5, 0.6) is 0 Å². The lowest BCUT2D eigenvalue weighted by Gasteiger charge is -2.25. The van der Waals surface area contributed by atoms with E-state index < -0.39 is 6.09 Å². The van der Waals surface area contributed by atoms with Crippen LogP contribution in [0.3, 0.4) is 0 Å². The molecule has 1 saturated heterocycles. The van der Waals surface area contributed by atoms with Crippen LogP contribution in [0.4, 0.5) is 4.79 Å². The standard InChI is InChI=1S/C9H13NO2/c11-9(12)10-5-3-8(4-6-10)7-1-2-7/h1-6H2,(H,11,12). The van der Waals surface area contributed by atoms with Gasteiger partial charge in [-0.1, -0.05) is 11.1 Å². The summed E-state index contributed by atoms with van der Waals surface area (Å²) in [7, 11) is 0. The summed E-state index contributed by atoms with van der Waals surface area (Å²) in [6.45, 7) is 1.41. The molecule has 1 amide bonds. The number of rotatable bonds is 0. The van der Waals surface area contributed by atoms with E-state index in [1.54, 1.807) is 5.57 Å². The van der Waals surface area contributed by atoms with Crippen molar-refractivity contribution in [1.82, 2.24) is 4.90 Å². The third-order valence-corrected chi connectivity index (χ3v) is 2.64. The molecule has 2 aliphatic rings. The van der Waals surface area contributed by atoms with Crippen LogP contribution in [0.15, 0.2) is 11.1 Å². The van der Waals surface area contributed by atoms with Crippen molar-refractivity contribution in [3.63, 3.8) is 0 Å². The minimum atomic E-state index is -0.769. The van der Waals surface area contributed by atoms with Crippen molar-refractivity contribution in [3.8, 4) is 0 Å². The van der Waals surface area contributed by atoms with Crippen molar-refractivity contribution in [1.29, 1.82) is 0 Å². The molecule has 0 aromatic carbocycles. The van der Waals surface area contributed by atoms with E-state index in [1.165, 1.54) is 23.3 Å². The van der Waals surface area contributed by atoms with E-state index in [4.69, 9.17) is 5.11 Å². The minimum Gasteiger partial charge on any atom is -0.465 e. The Morgan fingerprint density at radius 3 is 2.00 bits per heavy atom. The maximum absolute atomic E-state index is 10.6. The minimum absolute atomic E-state index is 0.703. The third kappa shape index (κ3) is 1.44. The van der Waals surface area contributed by atoms with Crippen molar-refractivity contribution in [3.05, 3.63) is 11.1 Å². The topological polar surface area (TPSA) is 40.5 Å². The fourth-order valence-corrected chi connectivity index (χ4v) is 1.74. The third-order valence-electron chi connectivity index (χ3n) is 2.64. The summed E-state index contributed by atoms with van der Waals surface area (Å²) in [5.41, 5.74) is 3.13. The Labute approximate surface area is 71.7 Å². The highest BCUT2D eigenvalue weighted by molar-refractivity contribution is 5.65. The Morgan fingerprint density at radius 2 is 1.58 bits per heavy atom. The predicted octanol–water partition coefficient (Wildman–Crippen LogP) is 1.85. The van der Waals surface area contributed by atoms with Gasteiger partial charge in [0.15, 0.2) is 0 Å². The van der Waals surface area contributed by atoms with Gasteiger partial charge in [0.05, 0.1) is 0 Å². The second kappa shape index (κ2) is 2.81. The highest BCUT2D eigenvalue weighted by Gasteiger charge is 2.23. The molecule has 0 atom stereocenters. The fourth-order valence-electron chi connectivity index (χ4n) is 1.74. The number of allylic oxidation sites excluding steroid dienone is 1. The van der Waals surface area contributed by atoms with Crippen molar-refractivity contribution < 1.29 is 9.90 Å². The van der Waals surface area contributed by atoms with Gasteiger partial charge in [0, 0.05) is 13.1 Å².